The van der Waals surface area contributed by atoms with Gasteiger partial charge in [0.25, 0.3) is 5.56 Å². The zero-order valence-corrected chi connectivity index (χ0v) is 34.0. The van der Waals surface area contributed by atoms with E-state index >= 15 is 0 Å². The van der Waals surface area contributed by atoms with Crippen LogP contribution in [0.4, 0.5) is 4.79 Å². The third-order valence-electron chi connectivity index (χ3n) is 9.45. The van der Waals surface area contributed by atoms with Gasteiger partial charge in [-0.05, 0) is 91.8 Å². The molecule has 3 heterocycles. The first-order valence-electron chi connectivity index (χ1n) is 18.5. The maximum Gasteiger partial charge on any atom is 0.410 e. The Labute approximate surface area is 341 Å². The molecule has 0 aliphatic heterocycles. The van der Waals surface area contributed by atoms with E-state index in [0.717, 1.165) is 44.5 Å². The van der Waals surface area contributed by atoms with Gasteiger partial charge >= 0.3 is 6.09 Å². The Morgan fingerprint density at radius 2 is 1.59 bits per heavy atom. The van der Waals surface area contributed by atoms with Crippen molar-refractivity contribution in [2.24, 2.45) is 0 Å². The summed E-state index contributed by atoms with van der Waals surface area (Å²) < 4.78 is 24.8. The fourth-order valence-corrected chi connectivity index (χ4v) is 6.71. The molecule has 3 aromatic carbocycles. The van der Waals surface area contributed by atoms with Crippen LogP contribution in [-0.2, 0) is 24.5 Å². The number of halogens is 1. The summed E-state index contributed by atoms with van der Waals surface area (Å²) in [6, 6.07) is 22.5. The Morgan fingerprint density at radius 3 is 2.29 bits per heavy atom. The number of nitrogens with zero attached hydrogens (tertiary/aromatic N) is 5. The molecule has 13 heteroatoms. The second-order valence-corrected chi connectivity index (χ2v) is 15.0. The number of amides is 1. The van der Waals surface area contributed by atoms with E-state index in [9.17, 15) is 20.0 Å². The maximum atomic E-state index is 13.9. The average molecular weight is 802 g/mol. The van der Waals surface area contributed by atoms with Gasteiger partial charge in [0, 0.05) is 55.6 Å². The van der Waals surface area contributed by atoms with E-state index in [1.165, 1.54) is 22.6 Å². The summed E-state index contributed by atoms with van der Waals surface area (Å²) >= 11 is 6.62. The lowest BCUT2D eigenvalue weighted by atomic mass is 9.90. The predicted octanol–water partition coefficient (Wildman–Crippen LogP) is 8.46. The lowest BCUT2D eigenvalue weighted by molar-refractivity contribution is 0.0201. The molecule has 0 saturated heterocycles. The lowest BCUT2D eigenvalue weighted by Crippen LogP contribution is -2.38. The van der Waals surface area contributed by atoms with Gasteiger partial charge < -0.3 is 29.0 Å². The minimum Gasteiger partial charge on any atom is -0.493 e. The van der Waals surface area contributed by atoms with Crippen molar-refractivity contribution >= 4 is 23.3 Å². The molecule has 58 heavy (non-hydrogen) atoms. The quantitative estimate of drug-likeness (QED) is 0.121. The van der Waals surface area contributed by atoms with E-state index in [1.807, 2.05) is 50.2 Å². The Balaban J connectivity index is 1.23. The van der Waals surface area contributed by atoms with Gasteiger partial charge in [-0.1, -0.05) is 48.0 Å². The fourth-order valence-electron chi connectivity index (χ4n) is 6.50. The minimum absolute atomic E-state index is 0.0956. The molecule has 3 aromatic heterocycles. The van der Waals surface area contributed by atoms with Crippen molar-refractivity contribution in [3.8, 4) is 45.6 Å². The van der Waals surface area contributed by atoms with Gasteiger partial charge in [-0.15, -0.1) is 0 Å². The van der Waals surface area contributed by atoms with Gasteiger partial charge in [-0.2, -0.15) is 5.26 Å². The van der Waals surface area contributed by atoms with E-state index < -0.39 is 11.7 Å². The molecular formula is C45H44ClN5O7. The van der Waals surface area contributed by atoms with Crippen LogP contribution in [0.5, 0.6) is 17.2 Å². The summed E-state index contributed by atoms with van der Waals surface area (Å²) in [7, 11) is 1.53. The molecule has 0 aliphatic carbocycles. The predicted molar refractivity (Wildman–Crippen MR) is 221 cm³/mol. The number of aromatic nitrogens is 3. The molecule has 1 amide bonds. The van der Waals surface area contributed by atoms with Crippen molar-refractivity contribution < 1.29 is 28.8 Å². The first-order valence-corrected chi connectivity index (χ1v) is 18.9. The number of aliphatic hydroxyl groups is 1. The van der Waals surface area contributed by atoms with Crippen molar-refractivity contribution in [1.82, 2.24) is 19.3 Å². The van der Waals surface area contributed by atoms with Crippen molar-refractivity contribution in [3.63, 3.8) is 0 Å². The van der Waals surface area contributed by atoms with E-state index in [-0.39, 0.29) is 38.5 Å². The fraction of sp³-hybridized carbons (Fsp3) is 0.267. The number of benzene rings is 3. The number of nitriles is 1. The van der Waals surface area contributed by atoms with Crippen LogP contribution in [0.1, 0.15) is 54.2 Å². The van der Waals surface area contributed by atoms with Gasteiger partial charge in [0.15, 0.2) is 11.5 Å². The van der Waals surface area contributed by atoms with Gasteiger partial charge in [0.05, 0.1) is 29.9 Å². The number of hydrogen-bond donors (Lipinski definition) is 1. The Kier molecular flexibility index (Phi) is 12.6. The molecular weight excluding hydrogens is 758 g/mol. The summed E-state index contributed by atoms with van der Waals surface area (Å²) in [5.41, 5.74) is 7.37. The number of aliphatic hydroxyl groups excluding tert-OH is 1. The summed E-state index contributed by atoms with van der Waals surface area (Å²) in [4.78, 5) is 36.9. The number of pyridine rings is 2. The van der Waals surface area contributed by atoms with Crippen molar-refractivity contribution in [1.29, 1.82) is 5.26 Å². The van der Waals surface area contributed by atoms with Crippen LogP contribution in [0, 0.1) is 25.2 Å². The number of fused-ring (bicyclic) bond motifs is 1. The second-order valence-electron chi connectivity index (χ2n) is 14.6. The SMILES string of the molecule is COc1cc(Cl)c(OCc2cccc(-c3cccc(-c4cnc5cc(CN(CCO)C(=O)OC(C)(C)C)ccn5c4=O)c3C)c2C)cc1OCc1cncc(C#N)c1. The monoisotopic (exact) mass is 801 g/mol. The summed E-state index contributed by atoms with van der Waals surface area (Å²) in [6.07, 6.45) is 5.82. The number of methoxy groups -OCH3 is 1. The van der Waals surface area contributed by atoms with Crippen LogP contribution in [0.3, 0.4) is 0 Å². The summed E-state index contributed by atoms with van der Waals surface area (Å²) in [5.74, 6) is 1.26. The molecule has 6 rings (SSSR count). The minimum atomic E-state index is -0.687. The van der Waals surface area contributed by atoms with E-state index in [1.54, 1.807) is 69.7 Å². The molecule has 12 nitrogen and oxygen atoms in total. The Bertz CT molecular complexity index is 2580. The zero-order chi connectivity index (χ0) is 41.6. The van der Waals surface area contributed by atoms with E-state index in [2.05, 4.69) is 16.0 Å². The number of carbonyl (C=O) groups excluding carboxylic acids is 1. The molecule has 1 N–H and O–H groups in total. The highest BCUT2D eigenvalue weighted by molar-refractivity contribution is 6.32. The third kappa shape index (κ3) is 9.40. The third-order valence-corrected chi connectivity index (χ3v) is 9.74. The second kappa shape index (κ2) is 17.8. The molecule has 0 atom stereocenters. The van der Waals surface area contributed by atoms with Crippen LogP contribution < -0.4 is 19.8 Å². The molecule has 0 radical (unpaired) electrons. The van der Waals surface area contributed by atoms with Gasteiger partial charge in [0.2, 0.25) is 0 Å². The average Bonchev–Trinajstić information content (AvgIpc) is 3.20. The van der Waals surface area contributed by atoms with Crippen molar-refractivity contribution in [2.45, 2.75) is 60.0 Å². The first kappa shape index (κ1) is 41.2. The van der Waals surface area contributed by atoms with Crippen molar-refractivity contribution in [2.75, 3.05) is 20.3 Å². The highest BCUT2D eigenvalue weighted by atomic mass is 35.5. The molecule has 0 spiro atoms. The number of hydrogen-bond acceptors (Lipinski definition) is 10. The number of rotatable bonds is 13. The smallest absolute Gasteiger partial charge is 0.410 e. The molecule has 0 aliphatic rings. The van der Waals surface area contributed by atoms with Crippen molar-refractivity contribution in [3.05, 3.63) is 140 Å². The first-order chi connectivity index (χ1) is 27.8. The van der Waals surface area contributed by atoms with Crippen LogP contribution in [0.15, 0.2) is 96.3 Å². The Hall–Kier alpha value is -6.42. The highest BCUT2D eigenvalue weighted by Crippen LogP contribution is 2.39. The van der Waals surface area contributed by atoms with E-state index in [4.69, 9.17) is 30.5 Å². The van der Waals surface area contributed by atoms with E-state index in [0.29, 0.717) is 39.0 Å². The summed E-state index contributed by atoms with van der Waals surface area (Å²) in [6.45, 7) is 9.79. The number of ether oxygens (including phenoxy) is 4. The van der Waals surface area contributed by atoms with Gasteiger partial charge in [-0.25, -0.2) is 9.78 Å². The molecule has 0 fully saturated rings. The normalized spacial score (nSPS) is 11.2. The maximum absolute atomic E-state index is 13.9. The van der Waals surface area contributed by atoms with Gasteiger partial charge in [-0.3, -0.25) is 14.2 Å². The highest BCUT2D eigenvalue weighted by Gasteiger charge is 2.23. The van der Waals surface area contributed by atoms with Gasteiger partial charge in [0.1, 0.15) is 36.3 Å². The zero-order valence-electron chi connectivity index (χ0n) is 33.2. The van der Waals surface area contributed by atoms with Crippen LogP contribution in [0.25, 0.3) is 27.9 Å². The topological polar surface area (TPSA) is 149 Å². The van der Waals surface area contributed by atoms with Crippen LogP contribution in [0.2, 0.25) is 5.02 Å². The lowest BCUT2D eigenvalue weighted by Gasteiger charge is -2.27. The van der Waals surface area contributed by atoms with Crippen LogP contribution >= 0.6 is 11.6 Å². The number of carbonyl (C=O) groups is 1. The summed E-state index contributed by atoms with van der Waals surface area (Å²) in [5, 5.41) is 19.1. The standard InChI is InChI=1S/C45H44ClN5O7/c1-28-33(27-57-39-20-41(40(55-6)19-38(39)46)56-26-32-17-31(21-47)22-48-23-32)9-7-10-34(28)35-11-8-12-36(29(35)2)37-24-49-42-18-30(13-14-51(42)43(37)53)25-50(15-16-52)44(54)58-45(3,4)5/h7-14,17-20,22-24,52H,15-16,25-27H2,1-6H3. The molecule has 0 unspecified atom stereocenters. The Morgan fingerprint density at radius 1 is 0.879 bits per heavy atom. The molecule has 298 valence electrons. The largest absolute Gasteiger partial charge is 0.493 e. The molecule has 0 saturated carbocycles. The van der Waals surface area contributed by atoms with Crippen LogP contribution in [-0.4, -0.2) is 56.3 Å². The molecule has 0 bridgehead atoms. The molecule has 6 aromatic rings.